The molecule has 1 saturated heterocycles. The maximum absolute atomic E-state index is 10.4. The Labute approximate surface area is 78.8 Å². The Hall–Kier alpha value is -0.610. The van der Waals surface area contributed by atoms with Crippen LogP contribution in [-0.2, 0) is 4.79 Å². The molecular formula is C9H19NO3. The summed E-state index contributed by atoms with van der Waals surface area (Å²) in [6, 6.07) is 0. The Balaban J connectivity index is 0.00000144. The summed E-state index contributed by atoms with van der Waals surface area (Å²) in [7, 11) is 0. The number of carboxylic acid groups (broad SMARTS) is 1. The fourth-order valence-corrected chi connectivity index (χ4v) is 1.75. The molecule has 0 radical (unpaired) electrons. The Bertz CT molecular complexity index is 153. The molecule has 13 heavy (non-hydrogen) atoms. The first-order chi connectivity index (χ1) is 5.72. The third-order valence-electron chi connectivity index (χ3n) is 2.62. The van der Waals surface area contributed by atoms with E-state index in [0.29, 0.717) is 12.3 Å². The molecule has 4 nitrogen and oxygen atoms in total. The lowest BCUT2D eigenvalue weighted by Crippen LogP contribution is -2.34. The summed E-state index contributed by atoms with van der Waals surface area (Å²) in [6.07, 6.45) is 2.47. The second-order valence-electron chi connectivity index (χ2n) is 3.48. The second-order valence-corrected chi connectivity index (χ2v) is 3.48. The Morgan fingerprint density at radius 3 is 2.38 bits per heavy atom. The highest BCUT2D eigenvalue weighted by molar-refractivity contribution is 5.67. The highest BCUT2D eigenvalue weighted by atomic mass is 16.4. The van der Waals surface area contributed by atoms with Gasteiger partial charge in [-0.05, 0) is 38.4 Å². The van der Waals surface area contributed by atoms with E-state index in [1.165, 1.54) is 0 Å². The predicted octanol–water partition coefficient (Wildman–Crippen LogP) is 0.368. The van der Waals surface area contributed by atoms with E-state index in [2.05, 4.69) is 11.8 Å². The lowest BCUT2D eigenvalue weighted by Gasteiger charge is -2.30. The van der Waals surface area contributed by atoms with E-state index in [-0.39, 0.29) is 5.48 Å². The second kappa shape index (κ2) is 5.94. The molecule has 0 aromatic carbocycles. The average molecular weight is 189 g/mol. The van der Waals surface area contributed by atoms with Gasteiger partial charge in [-0.1, -0.05) is 6.92 Å². The van der Waals surface area contributed by atoms with Crippen molar-refractivity contribution in [3.8, 4) is 0 Å². The van der Waals surface area contributed by atoms with E-state index in [1.54, 1.807) is 0 Å². The molecular weight excluding hydrogens is 170 g/mol. The first kappa shape index (κ1) is 12.4. The summed E-state index contributed by atoms with van der Waals surface area (Å²) in [5.41, 5.74) is 0. The van der Waals surface area contributed by atoms with Crippen LogP contribution in [0.4, 0.5) is 0 Å². The van der Waals surface area contributed by atoms with Gasteiger partial charge in [0.2, 0.25) is 0 Å². The number of piperidine rings is 1. The van der Waals surface area contributed by atoms with Crippen LogP contribution in [0.1, 0.15) is 26.2 Å². The van der Waals surface area contributed by atoms with Gasteiger partial charge in [-0.25, -0.2) is 0 Å². The summed E-state index contributed by atoms with van der Waals surface area (Å²) in [5.74, 6) is -0.227. The molecule has 1 fully saturated rings. The van der Waals surface area contributed by atoms with Crippen LogP contribution >= 0.6 is 0 Å². The van der Waals surface area contributed by atoms with Crippen molar-refractivity contribution < 1.29 is 15.4 Å². The molecule has 1 aliphatic heterocycles. The van der Waals surface area contributed by atoms with Crippen molar-refractivity contribution in [1.82, 2.24) is 4.90 Å². The van der Waals surface area contributed by atoms with E-state index in [1.807, 2.05) is 0 Å². The van der Waals surface area contributed by atoms with Crippen LogP contribution in [0.3, 0.4) is 0 Å². The standard InChI is InChI=1S/C9H17NO2.H2O/c1-2-10-5-3-8(4-6-10)7-9(11)12;/h8H,2-7H2,1H3,(H,11,12);1H2. The lowest BCUT2D eigenvalue weighted by molar-refractivity contribution is -0.138. The molecule has 0 bridgehead atoms. The van der Waals surface area contributed by atoms with Crippen LogP contribution in [-0.4, -0.2) is 41.1 Å². The molecule has 78 valence electrons. The van der Waals surface area contributed by atoms with Crippen molar-refractivity contribution >= 4 is 5.97 Å². The maximum Gasteiger partial charge on any atom is 0.303 e. The molecule has 0 saturated carbocycles. The topological polar surface area (TPSA) is 72.0 Å². The summed E-state index contributed by atoms with van der Waals surface area (Å²) in [5, 5.41) is 8.58. The molecule has 4 heteroatoms. The molecule has 0 aromatic rings. The van der Waals surface area contributed by atoms with Gasteiger partial charge in [0, 0.05) is 6.42 Å². The minimum absolute atomic E-state index is 0. The average Bonchev–Trinajstić information content (AvgIpc) is 2.05. The Kier molecular flexibility index (Phi) is 5.66. The molecule has 0 amide bonds. The fraction of sp³-hybridized carbons (Fsp3) is 0.889. The quantitative estimate of drug-likeness (QED) is 0.697. The molecule has 1 rings (SSSR count). The number of aliphatic carboxylic acids is 1. The van der Waals surface area contributed by atoms with Crippen molar-refractivity contribution in [1.29, 1.82) is 0 Å². The van der Waals surface area contributed by atoms with Crippen LogP contribution < -0.4 is 0 Å². The van der Waals surface area contributed by atoms with Gasteiger partial charge in [-0.3, -0.25) is 4.79 Å². The number of nitrogens with zero attached hydrogens (tertiary/aromatic N) is 1. The zero-order chi connectivity index (χ0) is 8.97. The number of hydrogen-bond donors (Lipinski definition) is 1. The highest BCUT2D eigenvalue weighted by Gasteiger charge is 2.19. The monoisotopic (exact) mass is 189 g/mol. The third-order valence-corrected chi connectivity index (χ3v) is 2.62. The SMILES string of the molecule is CCN1CCC(CC(=O)O)CC1.O. The Morgan fingerprint density at radius 1 is 1.46 bits per heavy atom. The molecule has 1 heterocycles. The van der Waals surface area contributed by atoms with Crippen LogP contribution in [0.2, 0.25) is 0 Å². The van der Waals surface area contributed by atoms with Crippen LogP contribution in [0, 0.1) is 5.92 Å². The smallest absolute Gasteiger partial charge is 0.303 e. The van der Waals surface area contributed by atoms with Gasteiger partial charge in [0.25, 0.3) is 0 Å². The largest absolute Gasteiger partial charge is 0.481 e. The summed E-state index contributed by atoms with van der Waals surface area (Å²) in [4.78, 5) is 12.8. The van der Waals surface area contributed by atoms with Gasteiger partial charge in [-0.15, -0.1) is 0 Å². The van der Waals surface area contributed by atoms with E-state index in [4.69, 9.17) is 5.11 Å². The molecule has 0 aliphatic carbocycles. The van der Waals surface area contributed by atoms with Gasteiger partial charge in [0.15, 0.2) is 0 Å². The highest BCUT2D eigenvalue weighted by Crippen LogP contribution is 2.19. The third kappa shape index (κ3) is 4.24. The van der Waals surface area contributed by atoms with Gasteiger partial charge < -0.3 is 15.5 Å². The van der Waals surface area contributed by atoms with Crippen molar-refractivity contribution in [2.75, 3.05) is 19.6 Å². The number of hydrogen-bond acceptors (Lipinski definition) is 2. The van der Waals surface area contributed by atoms with Crippen molar-refractivity contribution in [2.24, 2.45) is 5.92 Å². The molecule has 0 atom stereocenters. The zero-order valence-electron chi connectivity index (χ0n) is 8.12. The summed E-state index contributed by atoms with van der Waals surface area (Å²) >= 11 is 0. The lowest BCUT2D eigenvalue weighted by atomic mass is 9.94. The van der Waals surface area contributed by atoms with Gasteiger partial charge in [0.05, 0.1) is 0 Å². The van der Waals surface area contributed by atoms with Gasteiger partial charge in [-0.2, -0.15) is 0 Å². The Morgan fingerprint density at radius 2 is 2.00 bits per heavy atom. The van der Waals surface area contributed by atoms with Crippen molar-refractivity contribution in [3.63, 3.8) is 0 Å². The minimum Gasteiger partial charge on any atom is -0.481 e. The maximum atomic E-state index is 10.4. The van der Waals surface area contributed by atoms with E-state index >= 15 is 0 Å². The molecule has 0 spiro atoms. The van der Waals surface area contributed by atoms with Gasteiger partial charge >= 0.3 is 5.97 Å². The summed E-state index contributed by atoms with van der Waals surface area (Å²) in [6.45, 7) is 5.40. The normalized spacial score (nSPS) is 19.5. The van der Waals surface area contributed by atoms with E-state index in [0.717, 1.165) is 32.5 Å². The fourth-order valence-electron chi connectivity index (χ4n) is 1.75. The van der Waals surface area contributed by atoms with Crippen LogP contribution in [0.25, 0.3) is 0 Å². The van der Waals surface area contributed by atoms with Crippen LogP contribution in [0.15, 0.2) is 0 Å². The minimum atomic E-state index is -0.648. The first-order valence-electron chi connectivity index (χ1n) is 4.66. The van der Waals surface area contributed by atoms with Crippen LogP contribution in [0.5, 0.6) is 0 Å². The number of likely N-dealkylation sites (tertiary alicyclic amines) is 1. The molecule has 0 unspecified atom stereocenters. The molecule has 0 aromatic heterocycles. The zero-order valence-corrected chi connectivity index (χ0v) is 8.12. The van der Waals surface area contributed by atoms with Gasteiger partial charge in [0.1, 0.15) is 0 Å². The molecule has 1 aliphatic rings. The van der Waals surface area contributed by atoms with E-state index < -0.39 is 5.97 Å². The first-order valence-corrected chi connectivity index (χ1v) is 4.66. The predicted molar refractivity (Wildman–Crippen MR) is 50.7 cm³/mol. The van der Waals surface area contributed by atoms with Crippen molar-refractivity contribution in [2.45, 2.75) is 26.2 Å². The number of rotatable bonds is 3. The summed E-state index contributed by atoms with van der Waals surface area (Å²) < 4.78 is 0. The number of carboxylic acids is 1. The van der Waals surface area contributed by atoms with Crippen molar-refractivity contribution in [3.05, 3.63) is 0 Å². The molecule has 3 N–H and O–H groups in total. The van der Waals surface area contributed by atoms with E-state index in [9.17, 15) is 4.79 Å². The number of carbonyl (C=O) groups is 1.